The fraction of sp³-hybridized carbons (Fsp3) is 0.333. The van der Waals surface area contributed by atoms with Crippen molar-refractivity contribution in [1.82, 2.24) is 10.2 Å². The van der Waals surface area contributed by atoms with Gasteiger partial charge in [-0.2, -0.15) is 0 Å². The van der Waals surface area contributed by atoms with Crippen molar-refractivity contribution in [3.05, 3.63) is 27.2 Å². The van der Waals surface area contributed by atoms with Crippen LogP contribution in [0.3, 0.4) is 0 Å². The fourth-order valence-electron chi connectivity index (χ4n) is 1.11. The number of rotatable bonds is 5. The molecule has 1 aromatic carbocycles. The number of halogens is 3. The van der Waals surface area contributed by atoms with Gasteiger partial charge in [-0.25, -0.2) is 10.2 Å². The average Bonchev–Trinajstić information content (AvgIpc) is 2.24. The fourth-order valence-corrected chi connectivity index (χ4v) is 3.91. The summed E-state index contributed by atoms with van der Waals surface area (Å²) in [5.41, 5.74) is 0. The molecule has 0 amide bonds. The van der Waals surface area contributed by atoms with E-state index in [0.717, 1.165) is 0 Å². The molecule has 1 rings (SSSR count). The van der Waals surface area contributed by atoms with Crippen LogP contribution in [0.4, 0.5) is 0 Å². The van der Waals surface area contributed by atoms with E-state index in [4.69, 9.17) is 51.1 Å². The van der Waals surface area contributed by atoms with Crippen molar-refractivity contribution in [2.24, 2.45) is 0 Å². The molecule has 0 saturated carbocycles. The Morgan fingerprint density at radius 2 is 1.82 bits per heavy atom. The van der Waals surface area contributed by atoms with Crippen molar-refractivity contribution >= 4 is 53.2 Å². The van der Waals surface area contributed by atoms with Gasteiger partial charge in [-0.15, -0.1) is 0 Å². The maximum absolute atomic E-state index is 6.02. The summed E-state index contributed by atoms with van der Waals surface area (Å²) in [4.78, 5) is 0. The molecule has 17 heavy (non-hydrogen) atoms. The minimum atomic E-state index is -2.37. The third-order valence-electron chi connectivity index (χ3n) is 1.84. The molecule has 0 aromatic heterocycles. The zero-order valence-corrected chi connectivity index (χ0v) is 13.2. The second-order valence-electron chi connectivity index (χ2n) is 3.08. The van der Waals surface area contributed by atoms with E-state index in [1.165, 1.54) is 0 Å². The van der Waals surface area contributed by atoms with Crippen LogP contribution >= 0.6 is 41.4 Å². The Labute approximate surface area is 121 Å². The van der Waals surface area contributed by atoms with Gasteiger partial charge in [-0.3, -0.25) is 0 Å². The molecule has 0 radical (unpaired) electrons. The lowest BCUT2D eigenvalue weighted by atomic mass is 10.3. The third kappa shape index (κ3) is 4.25. The van der Waals surface area contributed by atoms with Crippen LogP contribution in [0, 0.1) is 0 Å². The Kier molecular flexibility index (Phi) is 6.00. The van der Waals surface area contributed by atoms with Crippen molar-refractivity contribution in [3.63, 3.8) is 0 Å². The van der Waals surface area contributed by atoms with Crippen LogP contribution in [-0.4, -0.2) is 13.6 Å². The summed E-state index contributed by atoms with van der Waals surface area (Å²) in [5, 5.41) is 7.14. The van der Waals surface area contributed by atoms with Crippen LogP contribution in [-0.2, 0) is 11.8 Å². The molecular weight excluding hydrogens is 322 g/mol. The largest absolute Gasteiger partial charge is 0.438 e. The first-order chi connectivity index (χ1) is 7.91. The molecule has 0 heterocycles. The van der Waals surface area contributed by atoms with Crippen molar-refractivity contribution in [2.45, 2.75) is 6.92 Å². The number of hydrogen-bond donors (Lipinski definition) is 2. The third-order valence-corrected chi connectivity index (χ3v) is 5.54. The van der Waals surface area contributed by atoms with E-state index in [2.05, 4.69) is 10.2 Å². The molecule has 96 valence electrons. The predicted octanol–water partition coefficient (Wildman–Crippen LogP) is 4.08. The highest BCUT2D eigenvalue weighted by atomic mass is 35.5. The quantitative estimate of drug-likeness (QED) is 0.796. The lowest BCUT2D eigenvalue weighted by Gasteiger charge is -2.23. The summed E-state index contributed by atoms with van der Waals surface area (Å²) in [6, 6.07) is 3.12. The van der Waals surface area contributed by atoms with Gasteiger partial charge in [0.05, 0.1) is 10.0 Å². The van der Waals surface area contributed by atoms with Gasteiger partial charge in [0.25, 0.3) is 0 Å². The van der Waals surface area contributed by atoms with Gasteiger partial charge >= 0.3 is 0 Å². The minimum Gasteiger partial charge on any atom is -0.438 e. The lowest BCUT2D eigenvalue weighted by Crippen LogP contribution is -2.23. The Morgan fingerprint density at radius 3 is 2.24 bits per heavy atom. The maximum Gasteiger partial charge on any atom is 0.247 e. The summed E-state index contributed by atoms with van der Waals surface area (Å²) in [5.74, 6) is 0.344. The first kappa shape index (κ1) is 15.5. The Balaban J connectivity index is 3.06. The molecule has 1 unspecified atom stereocenters. The zero-order valence-electron chi connectivity index (χ0n) is 9.26. The van der Waals surface area contributed by atoms with Crippen LogP contribution in [0.5, 0.6) is 5.75 Å². The summed E-state index contributed by atoms with van der Waals surface area (Å²) >= 11 is 23.2. The number of benzene rings is 1. The topological polar surface area (TPSA) is 33.3 Å². The monoisotopic (exact) mass is 332 g/mol. The Hall–Kier alpha value is 0.460. The molecule has 8 heteroatoms. The van der Waals surface area contributed by atoms with Gasteiger partial charge in [0.2, 0.25) is 6.57 Å². The summed E-state index contributed by atoms with van der Waals surface area (Å²) in [7, 11) is 1.72. The molecule has 0 fully saturated rings. The first-order valence-corrected chi connectivity index (χ1v) is 8.65. The van der Waals surface area contributed by atoms with Gasteiger partial charge in [-0.1, -0.05) is 41.7 Å². The van der Waals surface area contributed by atoms with Gasteiger partial charge in [0, 0.05) is 11.6 Å². The highest BCUT2D eigenvalue weighted by Crippen LogP contribution is 2.45. The van der Waals surface area contributed by atoms with E-state index < -0.39 is 6.57 Å². The molecular formula is C9H12Cl3N2OPS. The van der Waals surface area contributed by atoms with Gasteiger partial charge in [-0.05, 0) is 31.0 Å². The highest BCUT2D eigenvalue weighted by Gasteiger charge is 2.19. The first-order valence-electron chi connectivity index (χ1n) is 4.80. The highest BCUT2D eigenvalue weighted by molar-refractivity contribution is 8.10. The van der Waals surface area contributed by atoms with E-state index in [9.17, 15) is 0 Å². The standard InChI is InChI=1S/C9H12Cl3N2OPS/c1-3-14-16(17,13-2)15-9-7(11)4-6(10)5-8(9)12/h4-5H,3H2,1-2H3,(H2,13,14,17). The van der Waals surface area contributed by atoms with Crippen LogP contribution in [0.25, 0.3) is 0 Å². The van der Waals surface area contributed by atoms with Gasteiger partial charge in [0.15, 0.2) is 5.75 Å². The van der Waals surface area contributed by atoms with Crippen LogP contribution in [0.2, 0.25) is 15.1 Å². The van der Waals surface area contributed by atoms with Crippen molar-refractivity contribution in [2.75, 3.05) is 13.6 Å². The van der Waals surface area contributed by atoms with E-state index in [1.54, 1.807) is 19.2 Å². The molecule has 0 aliphatic rings. The normalized spacial score (nSPS) is 14.4. The van der Waals surface area contributed by atoms with Crippen LogP contribution in [0.1, 0.15) is 6.92 Å². The van der Waals surface area contributed by atoms with Gasteiger partial charge in [0.1, 0.15) is 0 Å². The lowest BCUT2D eigenvalue weighted by molar-refractivity contribution is 0.587. The SMILES string of the molecule is CCNP(=S)(NC)Oc1c(Cl)cc(Cl)cc1Cl. The smallest absolute Gasteiger partial charge is 0.247 e. The van der Waals surface area contributed by atoms with Crippen molar-refractivity contribution in [3.8, 4) is 5.75 Å². The van der Waals surface area contributed by atoms with Crippen molar-refractivity contribution < 1.29 is 4.52 Å². The summed E-state index contributed by atoms with van der Waals surface area (Å²) < 4.78 is 5.69. The molecule has 2 N–H and O–H groups in total. The van der Waals surface area contributed by atoms with Crippen LogP contribution in [0.15, 0.2) is 12.1 Å². The van der Waals surface area contributed by atoms with E-state index in [1.807, 2.05) is 6.92 Å². The second kappa shape index (κ2) is 6.58. The van der Waals surface area contributed by atoms with Crippen molar-refractivity contribution in [1.29, 1.82) is 0 Å². The predicted molar refractivity (Wildman–Crippen MR) is 79.1 cm³/mol. The molecule has 1 atom stereocenters. The molecule has 0 aliphatic heterocycles. The Morgan fingerprint density at radius 1 is 1.29 bits per heavy atom. The van der Waals surface area contributed by atoms with Crippen LogP contribution < -0.4 is 14.7 Å². The average molecular weight is 334 g/mol. The van der Waals surface area contributed by atoms with Gasteiger partial charge < -0.3 is 4.52 Å². The molecule has 1 aromatic rings. The summed E-state index contributed by atoms with van der Waals surface area (Å²) in [6.45, 7) is 0.249. The molecule has 0 spiro atoms. The second-order valence-corrected chi connectivity index (χ2v) is 7.92. The van der Waals surface area contributed by atoms with E-state index in [-0.39, 0.29) is 0 Å². The molecule has 0 saturated heterocycles. The Bertz CT molecular complexity index is 435. The molecule has 0 bridgehead atoms. The molecule has 3 nitrogen and oxygen atoms in total. The van der Waals surface area contributed by atoms with E-state index in [0.29, 0.717) is 27.4 Å². The number of hydrogen-bond acceptors (Lipinski definition) is 2. The number of nitrogens with one attached hydrogen (secondary N) is 2. The zero-order chi connectivity index (χ0) is 13.1. The van der Waals surface area contributed by atoms with E-state index >= 15 is 0 Å². The minimum absolute atomic E-state index is 0.338. The molecule has 0 aliphatic carbocycles. The maximum atomic E-state index is 6.02. The summed E-state index contributed by atoms with van der Waals surface area (Å²) in [6.07, 6.45) is 0.